The summed E-state index contributed by atoms with van der Waals surface area (Å²) in [6.07, 6.45) is 1.55. The molecule has 0 saturated heterocycles. The molecule has 0 spiro atoms. The number of pyridine rings is 1. The van der Waals surface area contributed by atoms with Gasteiger partial charge in [0.15, 0.2) is 0 Å². The van der Waals surface area contributed by atoms with Gasteiger partial charge in [-0.2, -0.15) is 0 Å². The maximum atomic E-state index is 6.33. The van der Waals surface area contributed by atoms with E-state index in [4.69, 9.17) is 58.0 Å². The highest BCUT2D eigenvalue weighted by molar-refractivity contribution is 6.37. The molecule has 0 saturated carbocycles. The molecule has 23 heavy (non-hydrogen) atoms. The predicted octanol–water partition coefficient (Wildman–Crippen LogP) is 7.68. The first-order valence-electron chi connectivity index (χ1n) is 6.52. The summed E-state index contributed by atoms with van der Waals surface area (Å²) >= 11 is 31.0. The molecule has 0 bridgehead atoms. The fourth-order valence-electron chi connectivity index (χ4n) is 2.24. The highest BCUT2D eigenvalue weighted by Gasteiger charge is 2.16. The third-order valence-electron chi connectivity index (χ3n) is 3.26. The lowest BCUT2D eigenvalue weighted by Crippen LogP contribution is -1.91. The molecule has 0 unspecified atom stereocenters. The summed E-state index contributed by atoms with van der Waals surface area (Å²) in [6, 6.07) is 12.2. The Bertz CT molecular complexity index is 892. The van der Waals surface area contributed by atoms with Crippen LogP contribution in [0, 0.1) is 0 Å². The maximum Gasteiger partial charge on any atom is 0.0797 e. The van der Waals surface area contributed by atoms with Gasteiger partial charge in [0, 0.05) is 38.0 Å². The fraction of sp³-hybridized carbons (Fsp3) is 0. The molecule has 0 aliphatic rings. The summed E-state index contributed by atoms with van der Waals surface area (Å²) in [6.45, 7) is 0. The van der Waals surface area contributed by atoms with E-state index in [0.29, 0.717) is 36.4 Å². The number of halogens is 5. The van der Waals surface area contributed by atoms with E-state index < -0.39 is 0 Å². The molecular formula is C17H8Cl5N. The Morgan fingerprint density at radius 3 is 1.74 bits per heavy atom. The Morgan fingerprint density at radius 2 is 1.09 bits per heavy atom. The molecule has 116 valence electrons. The molecule has 0 fully saturated rings. The zero-order chi connectivity index (χ0) is 16.6. The van der Waals surface area contributed by atoms with E-state index in [-0.39, 0.29) is 0 Å². The summed E-state index contributed by atoms with van der Waals surface area (Å²) in [7, 11) is 0. The van der Waals surface area contributed by atoms with Gasteiger partial charge in [-0.15, -0.1) is 0 Å². The zero-order valence-electron chi connectivity index (χ0n) is 11.5. The lowest BCUT2D eigenvalue weighted by atomic mass is 9.99. The molecule has 1 nitrogen and oxygen atoms in total. The van der Waals surface area contributed by atoms with Gasteiger partial charge in [0.05, 0.1) is 15.7 Å². The topological polar surface area (TPSA) is 12.9 Å². The molecule has 0 N–H and O–H groups in total. The van der Waals surface area contributed by atoms with Crippen molar-refractivity contribution in [1.82, 2.24) is 4.98 Å². The number of nitrogens with zero attached hydrogens (tertiary/aromatic N) is 1. The second-order valence-electron chi connectivity index (χ2n) is 4.80. The maximum absolute atomic E-state index is 6.33. The Balaban J connectivity index is 2.31. The Kier molecular flexibility index (Phi) is 5.05. The lowest BCUT2D eigenvalue weighted by molar-refractivity contribution is 1.32. The first kappa shape index (κ1) is 16.9. The molecule has 0 amide bonds. The van der Waals surface area contributed by atoms with Gasteiger partial charge >= 0.3 is 0 Å². The van der Waals surface area contributed by atoms with Crippen LogP contribution in [0.5, 0.6) is 0 Å². The van der Waals surface area contributed by atoms with Gasteiger partial charge in [0.2, 0.25) is 0 Å². The predicted molar refractivity (Wildman–Crippen MR) is 100 cm³/mol. The van der Waals surface area contributed by atoms with Crippen molar-refractivity contribution in [2.45, 2.75) is 0 Å². The molecule has 3 rings (SSSR count). The van der Waals surface area contributed by atoms with Gasteiger partial charge in [-0.05, 0) is 42.5 Å². The van der Waals surface area contributed by atoms with Crippen LogP contribution >= 0.6 is 58.0 Å². The first-order chi connectivity index (χ1) is 11.0. The lowest BCUT2D eigenvalue weighted by Gasteiger charge is -2.13. The van der Waals surface area contributed by atoms with Crippen LogP contribution in [0.1, 0.15) is 0 Å². The van der Waals surface area contributed by atoms with Crippen molar-refractivity contribution in [3.05, 3.63) is 73.8 Å². The zero-order valence-corrected chi connectivity index (χ0v) is 15.2. The van der Waals surface area contributed by atoms with Crippen molar-refractivity contribution in [1.29, 1.82) is 0 Å². The first-order valence-corrected chi connectivity index (χ1v) is 8.41. The van der Waals surface area contributed by atoms with Crippen LogP contribution in [-0.4, -0.2) is 4.98 Å². The molecule has 0 radical (unpaired) electrons. The minimum Gasteiger partial charge on any atom is -0.254 e. The summed E-state index contributed by atoms with van der Waals surface area (Å²) in [5.74, 6) is 0. The van der Waals surface area contributed by atoms with Gasteiger partial charge in [0.1, 0.15) is 0 Å². The Labute approximate surface area is 158 Å². The summed E-state index contributed by atoms with van der Waals surface area (Å²) in [5.41, 5.74) is 2.78. The van der Waals surface area contributed by atoms with Crippen molar-refractivity contribution in [3.8, 4) is 22.4 Å². The van der Waals surface area contributed by atoms with E-state index in [1.807, 2.05) is 0 Å². The fourth-order valence-corrected chi connectivity index (χ4v) is 3.17. The number of benzene rings is 2. The monoisotopic (exact) mass is 401 g/mol. The Hall–Kier alpha value is -0.960. The largest absolute Gasteiger partial charge is 0.254 e. The van der Waals surface area contributed by atoms with E-state index in [2.05, 4.69) is 4.98 Å². The van der Waals surface area contributed by atoms with E-state index in [1.165, 1.54) is 0 Å². The molecule has 0 atom stereocenters. The minimum atomic E-state index is 0.484. The van der Waals surface area contributed by atoms with Gasteiger partial charge in [-0.25, -0.2) is 0 Å². The average molecular weight is 404 g/mol. The molecule has 2 aromatic carbocycles. The van der Waals surface area contributed by atoms with Gasteiger partial charge in [-0.3, -0.25) is 4.98 Å². The van der Waals surface area contributed by atoms with Crippen molar-refractivity contribution in [2.75, 3.05) is 0 Å². The second kappa shape index (κ2) is 6.88. The summed E-state index contributed by atoms with van der Waals surface area (Å²) in [5, 5.41) is 2.68. The van der Waals surface area contributed by atoms with Crippen LogP contribution < -0.4 is 0 Å². The van der Waals surface area contributed by atoms with Crippen molar-refractivity contribution in [3.63, 3.8) is 0 Å². The van der Waals surface area contributed by atoms with Crippen LogP contribution in [0.25, 0.3) is 22.4 Å². The molecular weight excluding hydrogens is 395 g/mol. The van der Waals surface area contributed by atoms with E-state index >= 15 is 0 Å². The van der Waals surface area contributed by atoms with Crippen molar-refractivity contribution < 1.29 is 0 Å². The molecule has 1 aromatic heterocycles. The third kappa shape index (κ3) is 3.60. The normalized spacial score (nSPS) is 10.8. The highest BCUT2D eigenvalue weighted by atomic mass is 35.5. The standard InChI is InChI=1S/C17H8Cl5N/c18-9-1-3-15(21)12(5-9)13-7-11(20)8-23-17(13)14-6-10(19)2-4-16(14)22/h1-8H. The smallest absolute Gasteiger partial charge is 0.0797 e. The van der Waals surface area contributed by atoms with E-state index in [1.54, 1.807) is 48.7 Å². The molecule has 6 heteroatoms. The second-order valence-corrected chi connectivity index (χ2v) is 6.92. The average Bonchev–Trinajstić information content (AvgIpc) is 2.52. The SMILES string of the molecule is Clc1ccc(Cl)c(-c2cc(Cl)cnc2-c2cc(Cl)ccc2Cl)c1. The summed E-state index contributed by atoms with van der Waals surface area (Å²) in [4.78, 5) is 4.42. The van der Waals surface area contributed by atoms with Crippen LogP contribution in [0.3, 0.4) is 0 Å². The van der Waals surface area contributed by atoms with Gasteiger partial charge in [0.25, 0.3) is 0 Å². The number of rotatable bonds is 2. The molecule has 1 heterocycles. The molecule has 0 aliphatic heterocycles. The Morgan fingerprint density at radius 1 is 0.565 bits per heavy atom. The molecule has 0 aliphatic carbocycles. The van der Waals surface area contributed by atoms with Crippen molar-refractivity contribution in [2.24, 2.45) is 0 Å². The minimum absolute atomic E-state index is 0.484. The quantitative estimate of drug-likeness (QED) is 0.427. The molecule has 3 aromatic rings. The van der Waals surface area contributed by atoms with Crippen LogP contribution in [-0.2, 0) is 0 Å². The van der Waals surface area contributed by atoms with E-state index in [9.17, 15) is 0 Å². The van der Waals surface area contributed by atoms with Crippen molar-refractivity contribution >= 4 is 58.0 Å². The number of hydrogen-bond donors (Lipinski definition) is 0. The van der Waals surface area contributed by atoms with Crippen LogP contribution in [0.2, 0.25) is 25.1 Å². The number of aromatic nitrogens is 1. The third-order valence-corrected chi connectivity index (χ3v) is 4.59. The van der Waals surface area contributed by atoms with E-state index in [0.717, 1.165) is 11.1 Å². The summed E-state index contributed by atoms with van der Waals surface area (Å²) < 4.78 is 0. The number of hydrogen-bond acceptors (Lipinski definition) is 1. The van der Waals surface area contributed by atoms with Crippen LogP contribution in [0.15, 0.2) is 48.7 Å². The van der Waals surface area contributed by atoms with Crippen LogP contribution in [0.4, 0.5) is 0 Å². The van der Waals surface area contributed by atoms with Gasteiger partial charge < -0.3 is 0 Å². The van der Waals surface area contributed by atoms with Gasteiger partial charge in [-0.1, -0.05) is 58.0 Å². The highest BCUT2D eigenvalue weighted by Crippen LogP contribution is 2.40.